The molecule has 5 rings (SSSR count). The molecule has 0 radical (unpaired) electrons. The number of unbranched alkanes of at least 4 members (excludes halogenated alkanes) is 3. The van der Waals surface area contributed by atoms with E-state index >= 15 is 8.78 Å². The lowest BCUT2D eigenvalue weighted by Gasteiger charge is -2.40. The number of halogens is 3. The second-order valence-electron chi connectivity index (χ2n) is 12.4. The van der Waals surface area contributed by atoms with Gasteiger partial charge in [-0.3, -0.25) is 4.79 Å². The molecule has 3 N–H and O–H groups in total. The number of amides is 1. The molecule has 2 fully saturated rings. The molecule has 46 heavy (non-hydrogen) atoms. The number of imidazole rings is 1. The molecule has 1 aromatic heterocycles. The van der Waals surface area contributed by atoms with E-state index in [9.17, 15) is 9.18 Å². The second-order valence-corrected chi connectivity index (χ2v) is 13.5. The number of ether oxygens (including phenoxy) is 1. The van der Waals surface area contributed by atoms with Crippen LogP contribution in [0.25, 0.3) is 11.3 Å². The largest absolute Gasteiger partial charge is 0.381 e. The van der Waals surface area contributed by atoms with Crippen molar-refractivity contribution >= 4 is 17.7 Å². The van der Waals surface area contributed by atoms with E-state index in [4.69, 9.17) is 15.5 Å². The zero-order chi connectivity index (χ0) is 32.3. The number of alkyl halides is 1. The van der Waals surface area contributed by atoms with Crippen molar-refractivity contribution in [2.24, 2.45) is 17.6 Å². The smallest absolute Gasteiger partial charge is 0.233 e. The highest BCUT2D eigenvalue weighted by Crippen LogP contribution is 2.38. The first-order chi connectivity index (χ1) is 22.4. The zero-order valence-electron chi connectivity index (χ0n) is 26.4. The summed E-state index contributed by atoms with van der Waals surface area (Å²) in [6, 6.07) is 12.7. The first-order valence-corrected chi connectivity index (χ1v) is 17.7. The summed E-state index contributed by atoms with van der Waals surface area (Å²) in [6.07, 6.45) is 6.24. The Morgan fingerprint density at radius 2 is 1.87 bits per heavy atom. The van der Waals surface area contributed by atoms with Crippen LogP contribution in [0.4, 0.5) is 13.2 Å². The number of hydrogen-bond donors (Lipinski definition) is 2. The Hall–Kier alpha value is -2.86. The van der Waals surface area contributed by atoms with Crippen molar-refractivity contribution in [1.29, 1.82) is 0 Å². The summed E-state index contributed by atoms with van der Waals surface area (Å²) in [5.41, 5.74) is 6.98. The van der Waals surface area contributed by atoms with Gasteiger partial charge in [-0.1, -0.05) is 43.2 Å². The van der Waals surface area contributed by atoms with E-state index < -0.39 is 23.8 Å². The van der Waals surface area contributed by atoms with Gasteiger partial charge in [-0.15, -0.1) is 0 Å². The van der Waals surface area contributed by atoms with Crippen LogP contribution in [0.1, 0.15) is 56.0 Å². The third-order valence-electron chi connectivity index (χ3n) is 9.00. The van der Waals surface area contributed by atoms with E-state index in [1.54, 1.807) is 18.0 Å². The number of aromatic nitrogens is 2. The summed E-state index contributed by atoms with van der Waals surface area (Å²) in [7, 11) is 0. The standard InChI is InChI=1S/C35H46F3N5O2S/c36-28-10-11-30(37)29(18-28)32-23-42(21-25-8-4-3-5-9-25)35(41-32)34(26-12-15-45-16-13-26)43(22-27-19-40-20-31(27)38)33(44)24-46-17-7-2-1-6-14-39/h3-5,8-11,18,23,26-27,31,34,40H,1-2,6-7,12-17,19-22,24,39H2/t27-,31-,34+/m0/s1. The molecule has 0 saturated carbocycles. The first kappa shape index (κ1) is 34.5. The quantitative estimate of drug-likeness (QED) is 0.185. The van der Waals surface area contributed by atoms with Crippen LogP contribution < -0.4 is 11.1 Å². The number of nitrogens with two attached hydrogens (primary N) is 1. The van der Waals surface area contributed by atoms with E-state index in [-0.39, 0.29) is 42.1 Å². The maximum atomic E-state index is 15.1. The van der Waals surface area contributed by atoms with Crippen molar-refractivity contribution in [2.45, 2.75) is 57.3 Å². The third kappa shape index (κ3) is 9.14. The zero-order valence-corrected chi connectivity index (χ0v) is 27.2. The van der Waals surface area contributed by atoms with Crippen molar-refractivity contribution in [3.8, 4) is 11.3 Å². The molecule has 1 amide bonds. The van der Waals surface area contributed by atoms with E-state index in [0.29, 0.717) is 57.2 Å². The van der Waals surface area contributed by atoms with Crippen LogP contribution in [0.15, 0.2) is 54.7 Å². The van der Waals surface area contributed by atoms with Crippen molar-refractivity contribution < 1.29 is 22.7 Å². The van der Waals surface area contributed by atoms with Gasteiger partial charge in [-0.2, -0.15) is 11.8 Å². The molecule has 0 bridgehead atoms. The third-order valence-corrected chi connectivity index (χ3v) is 10.0. The highest BCUT2D eigenvalue weighted by molar-refractivity contribution is 7.99. The van der Waals surface area contributed by atoms with E-state index in [1.165, 1.54) is 0 Å². The van der Waals surface area contributed by atoms with Gasteiger partial charge in [-0.25, -0.2) is 18.2 Å². The minimum Gasteiger partial charge on any atom is -0.381 e. The topological polar surface area (TPSA) is 85.4 Å². The van der Waals surface area contributed by atoms with Gasteiger partial charge in [0.05, 0.1) is 17.5 Å². The van der Waals surface area contributed by atoms with Crippen LogP contribution in [0, 0.1) is 23.5 Å². The van der Waals surface area contributed by atoms with Crippen LogP contribution in [0.3, 0.4) is 0 Å². The van der Waals surface area contributed by atoms with Crippen LogP contribution in [-0.2, 0) is 16.1 Å². The molecule has 7 nitrogen and oxygen atoms in total. The fraction of sp³-hybridized carbons (Fsp3) is 0.543. The molecule has 11 heteroatoms. The van der Waals surface area contributed by atoms with Crippen LogP contribution in [-0.4, -0.2) is 77.4 Å². The maximum Gasteiger partial charge on any atom is 0.233 e. The minimum atomic E-state index is -1.07. The first-order valence-electron chi connectivity index (χ1n) is 16.5. The number of carbonyl (C=O) groups is 1. The lowest BCUT2D eigenvalue weighted by molar-refractivity contribution is -0.134. The molecule has 3 atom stereocenters. The summed E-state index contributed by atoms with van der Waals surface area (Å²) < 4.78 is 52.2. The molecule has 2 aliphatic rings. The molecule has 3 aromatic rings. The number of benzene rings is 2. The average molecular weight is 658 g/mol. The van der Waals surface area contributed by atoms with E-state index in [2.05, 4.69) is 5.32 Å². The Morgan fingerprint density at radius 1 is 1.09 bits per heavy atom. The van der Waals surface area contributed by atoms with E-state index in [0.717, 1.165) is 55.2 Å². The molecule has 0 spiro atoms. The highest BCUT2D eigenvalue weighted by Gasteiger charge is 2.40. The van der Waals surface area contributed by atoms with Crippen molar-refractivity contribution in [3.05, 3.63) is 77.8 Å². The SMILES string of the molecule is NCCCCCCSCC(=O)N(C[C@@H]1CNC[C@@H]1F)[C@@H](c1nc(-c2cc(F)ccc2F)cn1Cc1ccccc1)C1CCOCC1. The molecule has 0 aliphatic carbocycles. The maximum absolute atomic E-state index is 15.1. The van der Waals surface area contributed by atoms with Crippen LogP contribution in [0.2, 0.25) is 0 Å². The Kier molecular flexibility index (Phi) is 13.0. The summed E-state index contributed by atoms with van der Waals surface area (Å²) >= 11 is 1.60. The summed E-state index contributed by atoms with van der Waals surface area (Å²) in [5, 5.41) is 3.14. The second kappa shape index (κ2) is 17.3. The molecular formula is C35H46F3N5O2S. The Balaban J connectivity index is 1.53. The monoisotopic (exact) mass is 657 g/mol. The van der Waals surface area contributed by atoms with Gasteiger partial charge in [-0.05, 0) is 67.7 Å². The van der Waals surface area contributed by atoms with Crippen molar-refractivity contribution in [2.75, 3.05) is 50.9 Å². The molecule has 0 unspecified atom stereocenters. The van der Waals surface area contributed by atoms with E-state index in [1.807, 2.05) is 39.8 Å². The molecule has 2 aliphatic heterocycles. The summed E-state index contributed by atoms with van der Waals surface area (Å²) in [4.78, 5) is 21.1. The molecule has 2 saturated heterocycles. The lowest BCUT2D eigenvalue weighted by Crippen LogP contribution is -2.46. The van der Waals surface area contributed by atoms with Crippen molar-refractivity contribution in [3.63, 3.8) is 0 Å². The average Bonchev–Trinajstić information content (AvgIpc) is 3.67. The van der Waals surface area contributed by atoms with Gasteiger partial charge in [0.2, 0.25) is 5.91 Å². The van der Waals surface area contributed by atoms with Crippen LogP contribution in [0.5, 0.6) is 0 Å². The van der Waals surface area contributed by atoms with Gasteiger partial charge in [0.25, 0.3) is 0 Å². The number of rotatable bonds is 16. The Labute approximate surface area is 274 Å². The number of nitrogens with one attached hydrogen (secondary N) is 1. The van der Waals surface area contributed by atoms with Crippen molar-refractivity contribution in [1.82, 2.24) is 19.8 Å². The summed E-state index contributed by atoms with van der Waals surface area (Å²) in [5.74, 6) is 0.168. The van der Waals surface area contributed by atoms with Gasteiger partial charge in [0.15, 0.2) is 0 Å². The Morgan fingerprint density at radius 3 is 2.61 bits per heavy atom. The van der Waals surface area contributed by atoms with Gasteiger partial charge >= 0.3 is 0 Å². The summed E-state index contributed by atoms with van der Waals surface area (Å²) in [6.45, 7) is 3.19. The fourth-order valence-electron chi connectivity index (χ4n) is 6.48. The minimum absolute atomic E-state index is 0.00600. The normalized spacial score (nSPS) is 19.4. The lowest BCUT2D eigenvalue weighted by atomic mass is 9.88. The number of thioether (sulfide) groups is 1. The van der Waals surface area contributed by atoms with Gasteiger partial charge in [0.1, 0.15) is 23.6 Å². The Bertz CT molecular complexity index is 1390. The molecular weight excluding hydrogens is 611 g/mol. The number of hydrogen-bond acceptors (Lipinski definition) is 6. The highest BCUT2D eigenvalue weighted by atomic mass is 32.2. The number of nitrogens with zero attached hydrogens (tertiary/aromatic N) is 3. The van der Waals surface area contributed by atoms with Gasteiger partial charge < -0.3 is 25.3 Å². The molecule has 3 heterocycles. The molecule has 250 valence electrons. The fourth-order valence-corrected chi connectivity index (χ4v) is 7.37. The predicted molar refractivity (Wildman–Crippen MR) is 177 cm³/mol. The van der Waals surface area contributed by atoms with Gasteiger partial charge in [0, 0.05) is 57.1 Å². The molecule has 2 aromatic carbocycles. The predicted octanol–water partition coefficient (Wildman–Crippen LogP) is 5.98. The number of carbonyl (C=O) groups excluding carboxylic acids is 1. The van der Waals surface area contributed by atoms with Crippen LogP contribution >= 0.6 is 11.8 Å².